The predicted molar refractivity (Wildman–Crippen MR) is 66.1 cm³/mol. The third-order valence-electron chi connectivity index (χ3n) is 2.77. The third-order valence-corrected chi connectivity index (χ3v) is 2.77. The fourth-order valence-electron chi connectivity index (χ4n) is 2.16. The number of hydrogen-bond acceptors (Lipinski definition) is 3. The van der Waals surface area contributed by atoms with Crippen LogP contribution in [0.5, 0.6) is 0 Å². The Morgan fingerprint density at radius 1 is 1.31 bits per heavy atom. The van der Waals surface area contributed by atoms with Gasteiger partial charge in [-0.15, -0.1) is 0 Å². The molecule has 0 aliphatic rings. The Kier molecular flexibility index (Phi) is 2.94. The Hall–Kier alpha value is -1.39. The molecular weight excluding hydrogens is 200 g/mol. The first-order chi connectivity index (χ1) is 7.61. The van der Waals surface area contributed by atoms with Crippen molar-refractivity contribution in [1.29, 1.82) is 0 Å². The van der Waals surface area contributed by atoms with Crippen molar-refractivity contribution in [2.45, 2.75) is 19.1 Å². The smallest absolute Gasteiger partial charge is 0.102 e. The van der Waals surface area contributed by atoms with Crippen LogP contribution < -0.4 is 5.73 Å². The van der Waals surface area contributed by atoms with Crippen LogP contribution >= 0.6 is 0 Å². The quantitative estimate of drug-likeness (QED) is 0.848. The van der Waals surface area contributed by atoms with Crippen LogP contribution in [0.15, 0.2) is 30.6 Å². The Morgan fingerprint density at radius 2 is 2.00 bits per heavy atom. The lowest BCUT2D eigenvalue weighted by molar-refractivity contribution is 0.192. The van der Waals surface area contributed by atoms with Crippen molar-refractivity contribution in [2.24, 2.45) is 5.73 Å². The summed E-state index contributed by atoms with van der Waals surface area (Å²) in [5, 5.41) is 0. The van der Waals surface area contributed by atoms with Crippen molar-refractivity contribution < 1.29 is 0 Å². The van der Waals surface area contributed by atoms with Crippen LogP contribution in [0.3, 0.4) is 0 Å². The Bertz CT molecular complexity index is 465. The van der Waals surface area contributed by atoms with E-state index in [2.05, 4.69) is 20.5 Å². The third kappa shape index (κ3) is 1.81. The van der Waals surface area contributed by atoms with Crippen LogP contribution in [-0.2, 0) is 0 Å². The molecule has 0 aliphatic carbocycles. The van der Waals surface area contributed by atoms with E-state index in [9.17, 15) is 0 Å². The topological polar surface area (TPSA) is 47.1 Å². The van der Waals surface area contributed by atoms with Crippen molar-refractivity contribution in [3.8, 4) is 0 Å². The summed E-state index contributed by atoms with van der Waals surface area (Å²) < 4.78 is 2.12. The average Bonchev–Trinajstić information content (AvgIpc) is 2.61. The number of nitrogens with zero attached hydrogens (tertiary/aromatic N) is 3. The van der Waals surface area contributed by atoms with E-state index in [1.165, 1.54) is 0 Å². The lowest BCUT2D eigenvalue weighted by Crippen LogP contribution is -2.38. The van der Waals surface area contributed by atoms with Gasteiger partial charge in [-0.1, -0.05) is 12.1 Å². The van der Waals surface area contributed by atoms with Crippen molar-refractivity contribution in [3.05, 3.63) is 30.6 Å². The molecule has 4 heteroatoms. The summed E-state index contributed by atoms with van der Waals surface area (Å²) in [6.45, 7) is 2.01. The van der Waals surface area contributed by atoms with E-state index in [0.717, 1.165) is 11.0 Å². The van der Waals surface area contributed by atoms with E-state index in [0.29, 0.717) is 0 Å². The number of rotatable bonds is 3. The number of likely N-dealkylation sites (N-methyl/N-ethyl adjacent to an activating group) is 1. The van der Waals surface area contributed by atoms with Gasteiger partial charge in [-0.05, 0) is 33.2 Å². The highest BCUT2D eigenvalue weighted by atomic mass is 15.3. The summed E-state index contributed by atoms with van der Waals surface area (Å²) in [6.07, 6.45) is 1.99. The molecule has 0 aliphatic heterocycles. The zero-order valence-electron chi connectivity index (χ0n) is 9.96. The fraction of sp³-hybridized carbons (Fsp3) is 0.417. The van der Waals surface area contributed by atoms with Gasteiger partial charge in [0.05, 0.1) is 17.4 Å². The number of aromatic nitrogens is 2. The molecule has 1 aromatic carbocycles. The first-order valence-electron chi connectivity index (χ1n) is 5.45. The highest BCUT2D eigenvalue weighted by Crippen LogP contribution is 2.20. The van der Waals surface area contributed by atoms with Gasteiger partial charge in [0, 0.05) is 6.04 Å². The molecule has 2 aromatic rings. The first kappa shape index (κ1) is 11.1. The number of imidazole rings is 1. The Balaban J connectivity index is 2.53. The number of benzene rings is 1. The Morgan fingerprint density at radius 3 is 2.62 bits per heavy atom. The van der Waals surface area contributed by atoms with Crippen molar-refractivity contribution in [3.63, 3.8) is 0 Å². The minimum atomic E-state index is 0.0487. The normalized spacial score (nSPS) is 15.6. The monoisotopic (exact) mass is 218 g/mol. The van der Waals surface area contributed by atoms with Crippen LogP contribution in [0.25, 0.3) is 11.0 Å². The van der Waals surface area contributed by atoms with Crippen molar-refractivity contribution >= 4 is 11.0 Å². The molecule has 0 spiro atoms. The van der Waals surface area contributed by atoms with Crippen molar-refractivity contribution in [1.82, 2.24) is 14.5 Å². The van der Waals surface area contributed by atoms with Crippen LogP contribution in [0.1, 0.15) is 13.1 Å². The molecule has 4 nitrogen and oxygen atoms in total. The molecule has 2 rings (SSSR count). The summed E-state index contributed by atoms with van der Waals surface area (Å²) in [6, 6.07) is 8.15. The largest absolute Gasteiger partial charge is 0.325 e. The molecule has 0 saturated carbocycles. The lowest BCUT2D eigenvalue weighted by atomic mass is 10.2. The van der Waals surface area contributed by atoms with Gasteiger partial charge < -0.3 is 10.3 Å². The van der Waals surface area contributed by atoms with Gasteiger partial charge >= 0.3 is 0 Å². The van der Waals surface area contributed by atoms with Gasteiger partial charge in [-0.25, -0.2) is 4.98 Å². The fourth-order valence-corrected chi connectivity index (χ4v) is 2.16. The van der Waals surface area contributed by atoms with E-state index in [4.69, 9.17) is 5.73 Å². The van der Waals surface area contributed by atoms with Crippen LogP contribution in [0.2, 0.25) is 0 Å². The second-order valence-corrected chi connectivity index (χ2v) is 4.38. The van der Waals surface area contributed by atoms with Gasteiger partial charge in [0.1, 0.15) is 6.17 Å². The molecule has 0 fully saturated rings. The highest BCUT2D eigenvalue weighted by Gasteiger charge is 2.19. The molecule has 0 amide bonds. The number of para-hydroxylation sites is 2. The zero-order valence-corrected chi connectivity index (χ0v) is 9.96. The van der Waals surface area contributed by atoms with E-state index in [1.54, 1.807) is 0 Å². The first-order valence-corrected chi connectivity index (χ1v) is 5.45. The van der Waals surface area contributed by atoms with Crippen molar-refractivity contribution in [2.75, 3.05) is 14.1 Å². The maximum Gasteiger partial charge on any atom is 0.102 e. The molecule has 2 N–H and O–H groups in total. The van der Waals surface area contributed by atoms with Gasteiger partial charge in [0.2, 0.25) is 0 Å². The summed E-state index contributed by atoms with van der Waals surface area (Å²) in [5.41, 5.74) is 8.16. The molecule has 1 aromatic heterocycles. The molecule has 0 saturated heterocycles. The minimum absolute atomic E-state index is 0.0487. The number of nitrogens with two attached hydrogens (primary N) is 1. The maximum absolute atomic E-state index is 6.03. The van der Waals surface area contributed by atoms with E-state index >= 15 is 0 Å². The second-order valence-electron chi connectivity index (χ2n) is 4.38. The molecular formula is C12H18N4. The standard InChI is InChI=1S/C12H18N4/c1-9(13)12(15(2)3)16-8-14-10-6-4-5-7-11(10)16/h4-9,12H,13H2,1-3H3. The van der Waals surface area contributed by atoms with Gasteiger partial charge in [-0.2, -0.15) is 0 Å². The summed E-state index contributed by atoms with van der Waals surface area (Å²) in [7, 11) is 4.06. The number of fused-ring (bicyclic) bond motifs is 1. The maximum atomic E-state index is 6.03. The molecule has 86 valence electrons. The van der Waals surface area contributed by atoms with Gasteiger partial charge in [0.25, 0.3) is 0 Å². The zero-order chi connectivity index (χ0) is 11.7. The molecule has 1 heterocycles. The van der Waals surface area contributed by atoms with E-state index in [1.807, 2.05) is 45.5 Å². The SMILES string of the molecule is CC(N)C(N(C)C)n1cnc2ccccc21. The van der Waals surface area contributed by atoms with Gasteiger partial charge in [0.15, 0.2) is 0 Å². The Labute approximate surface area is 95.7 Å². The lowest BCUT2D eigenvalue weighted by Gasteiger charge is -2.29. The second kappa shape index (κ2) is 4.23. The summed E-state index contributed by atoms with van der Waals surface area (Å²) in [5.74, 6) is 0. The number of hydrogen-bond donors (Lipinski definition) is 1. The summed E-state index contributed by atoms with van der Waals surface area (Å²) in [4.78, 5) is 6.49. The van der Waals surface area contributed by atoms with Crippen LogP contribution in [0, 0.1) is 0 Å². The molecule has 0 radical (unpaired) electrons. The van der Waals surface area contributed by atoms with E-state index in [-0.39, 0.29) is 12.2 Å². The van der Waals surface area contributed by atoms with Gasteiger partial charge in [-0.3, -0.25) is 4.90 Å². The van der Waals surface area contributed by atoms with E-state index < -0.39 is 0 Å². The highest BCUT2D eigenvalue weighted by molar-refractivity contribution is 5.75. The molecule has 0 bridgehead atoms. The minimum Gasteiger partial charge on any atom is -0.325 e. The summed E-state index contributed by atoms with van der Waals surface area (Å²) >= 11 is 0. The molecule has 16 heavy (non-hydrogen) atoms. The molecule has 2 atom stereocenters. The molecule has 2 unspecified atom stereocenters. The predicted octanol–water partition coefficient (Wildman–Crippen LogP) is 1.44. The van der Waals surface area contributed by atoms with Crippen LogP contribution in [0.4, 0.5) is 0 Å². The van der Waals surface area contributed by atoms with Crippen LogP contribution in [-0.4, -0.2) is 34.6 Å². The average molecular weight is 218 g/mol.